The molecule has 0 saturated carbocycles. The number of halogens is 3. The molecule has 0 aliphatic carbocycles. The van der Waals surface area contributed by atoms with Crippen LogP contribution in [0.5, 0.6) is 5.75 Å². The van der Waals surface area contributed by atoms with Crippen LogP contribution in [0.3, 0.4) is 0 Å². The molecule has 0 aliphatic heterocycles. The lowest BCUT2D eigenvalue weighted by atomic mass is 10.2. The van der Waals surface area contributed by atoms with E-state index in [1.165, 1.54) is 11.3 Å². The molecule has 0 N–H and O–H groups in total. The maximum absolute atomic E-state index is 13.4. The molecule has 0 unspecified atom stereocenters. The first-order chi connectivity index (χ1) is 14.4. The monoisotopic (exact) mass is 485 g/mol. The van der Waals surface area contributed by atoms with Gasteiger partial charge < -0.3 is 9.64 Å². The van der Waals surface area contributed by atoms with Crippen LogP contribution in [-0.4, -0.2) is 49.1 Å². The number of carbonyl (C=O) groups excluding carboxylic acids is 1. The van der Waals surface area contributed by atoms with Crippen LogP contribution in [0.2, 0.25) is 15.1 Å². The number of hydrogen-bond acceptors (Lipinski definition) is 5. The minimum absolute atomic E-state index is 0.222. The number of anilines is 1. The van der Waals surface area contributed by atoms with E-state index in [-0.39, 0.29) is 5.91 Å². The number of nitrogens with zero attached hydrogens (tertiary/aromatic N) is 3. The van der Waals surface area contributed by atoms with Gasteiger partial charge in [0.25, 0.3) is 5.91 Å². The second-order valence-corrected chi connectivity index (χ2v) is 8.82. The van der Waals surface area contributed by atoms with Gasteiger partial charge in [-0.05, 0) is 43.4 Å². The summed E-state index contributed by atoms with van der Waals surface area (Å²) in [5.74, 6) is 0.388. The van der Waals surface area contributed by atoms with Crippen LogP contribution in [0.4, 0.5) is 5.13 Å². The SMILES string of the molecule is CCN(CC)CCN(C(=O)c1cc(Cl)cc(Cl)c1)c1nc2c(OC)ccc(Cl)c2s1. The van der Waals surface area contributed by atoms with Crippen molar-refractivity contribution in [3.63, 3.8) is 0 Å². The molecule has 1 amide bonds. The van der Waals surface area contributed by atoms with E-state index in [4.69, 9.17) is 44.5 Å². The molecule has 0 bridgehead atoms. The fourth-order valence-corrected chi connectivity index (χ4v) is 4.93. The summed E-state index contributed by atoms with van der Waals surface area (Å²) in [5.41, 5.74) is 1.04. The van der Waals surface area contributed by atoms with Crippen molar-refractivity contribution in [2.24, 2.45) is 0 Å². The van der Waals surface area contributed by atoms with E-state index in [9.17, 15) is 4.79 Å². The van der Waals surface area contributed by atoms with Crippen LogP contribution in [0.15, 0.2) is 30.3 Å². The Bertz CT molecular complexity index is 1030. The van der Waals surface area contributed by atoms with Gasteiger partial charge in [0, 0.05) is 28.7 Å². The number of methoxy groups -OCH3 is 1. The van der Waals surface area contributed by atoms with Gasteiger partial charge in [-0.1, -0.05) is 60.0 Å². The Labute approximate surface area is 195 Å². The summed E-state index contributed by atoms with van der Waals surface area (Å²) < 4.78 is 6.20. The molecule has 30 heavy (non-hydrogen) atoms. The molecule has 0 radical (unpaired) electrons. The Morgan fingerprint density at radius 1 is 1.07 bits per heavy atom. The number of ether oxygens (including phenoxy) is 1. The minimum Gasteiger partial charge on any atom is -0.494 e. The molecule has 0 fully saturated rings. The van der Waals surface area contributed by atoms with E-state index in [1.54, 1.807) is 42.3 Å². The lowest BCUT2D eigenvalue weighted by Gasteiger charge is -2.25. The number of amides is 1. The van der Waals surface area contributed by atoms with Crippen LogP contribution in [0.25, 0.3) is 10.2 Å². The van der Waals surface area contributed by atoms with E-state index in [0.29, 0.717) is 50.1 Å². The summed E-state index contributed by atoms with van der Waals surface area (Å²) in [6.45, 7) is 7.13. The summed E-state index contributed by atoms with van der Waals surface area (Å²) in [4.78, 5) is 22.0. The highest BCUT2D eigenvalue weighted by atomic mass is 35.5. The molecule has 3 rings (SSSR count). The highest BCUT2D eigenvalue weighted by Gasteiger charge is 2.24. The van der Waals surface area contributed by atoms with Gasteiger partial charge in [-0.2, -0.15) is 0 Å². The van der Waals surface area contributed by atoms with Crippen molar-refractivity contribution in [3.05, 3.63) is 51.0 Å². The van der Waals surface area contributed by atoms with Crippen LogP contribution >= 0.6 is 46.1 Å². The van der Waals surface area contributed by atoms with Gasteiger partial charge in [-0.25, -0.2) is 4.98 Å². The Morgan fingerprint density at radius 2 is 1.73 bits per heavy atom. The third-order valence-corrected chi connectivity index (χ3v) is 6.76. The predicted molar refractivity (Wildman–Crippen MR) is 127 cm³/mol. The lowest BCUT2D eigenvalue weighted by molar-refractivity contribution is 0.0983. The standard InChI is InChI=1S/C21H22Cl3N3O2S/c1-4-26(5-2)8-9-27(20(28)13-10-14(22)12-15(23)11-13)21-25-18-17(29-3)7-6-16(24)19(18)30-21/h6-7,10-12H,4-5,8-9H2,1-3H3. The summed E-state index contributed by atoms with van der Waals surface area (Å²) >= 11 is 20.0. The van der Waals surface area contributed by atoms with Crippen molar-refractivity contribution in [2.45, 2.75) is 13.8 Å². The smallest absolute Gasteiger partial charge is 0.260 e. The highest BCUT2D eigenvalue weighted by Crippen LogP contribution is 2.39. The zero-order chi connectivity index (χ0) is 21.8. The van der Waals surface area contributed by atoms with Gasteiger partial charge in [0.05, 0.1) is 16.8 Å². The first-order valence-electron chi connectivity index (χ1n) is 9.51. The second-order valence-electron chi connectivity index (χ2n) is 6.57. The molecule has 0 spiro atoms. The molecule has 2 aromatic carbocycles. The van der Waals surface area contributed by atoms with Gasteiger partial charge in [-0.15, -0.1) is 0 Å². The molecule has 0 atom stereocenters. The van der Waals surface area contributed by atoms with E-state index in [1.807, 2.05) is 0 Å². The Kier molecular flexibility index (Phi) is 7.82. The molecule has 1 aromatic heterocycles. The van der Waals surface area contributed by atoms with Crippen molar-refractivity contribution in [1.29, 1.82) is 0 Å². The second kappa shape index (κ2) is 10.2. The first kappa shape index (κ1) is 23.1. The molecular weight excluding hydrogens is 465 g/mol. The largest absolute Gasteiger partial charge is 0.494 e. The number of thiazole rings is 1. The predicted octanol–water partition coefficient (Wildman–Crippen LogP) is 6.25. The Balaban J connectivity index is 2.06. The number of benzene rings is 2. The Morgan fingerprint density at radius 3 is 2.33 bits per heavy atom. The van der Waals surface area contributed by atoms with E-state index < -0.39 is 0 Å². The third kappa shape index (κ3) is 5.01. The van der Waals surface area contributed by atoms with Crippen molar-refractivity contribution in [2.75, 3.05) is 38.2 Å². The summed E-state index contributed by atoms with van der Waals surface area (Å²) in [6, 6.07) is 8.36. The van der Waals surface area contributed by atoms with Gasteiger partial charge in [0.1, 0.15) is 11.3 Å². The van der Waals surface area contributed by atoms with Gasteiger partial charge in [0.2, 0.25) is 0 Å². The number of aromatic nitrogens is 1. The fraction of sp³-hybridized carbons (Fsp3) is 0.333. The fourth-order valence-electron chi connectivity index (χ4n) is 3.12. The lowest BCUT2D eigenvalue weighted by Crippen LogP contribution is -2.38. The number of hydrogen-bond donors (Lipinski definition) is 0. The minimum atomic E-state index is -0.222. The molecule has 3 aromatic rings. The first-order valence-corrected chi connectivity index (χ1v) is 11.5. The number of carbonyl (C=O) groups is 1. The number of fused-ring (bicyclic) bond motifs is 1. The quantitative estimate of drug-likeness (QED) is 0.377. The summed E-state index contributed by atoms with van der Waals surface area (Å²) in [5, 5.41) is 1.92. The molecule has 0 saturated heterocycles. The number of rotatable bonds is 8. The van der Waals surface area contributed by atoms with Crippen LogP contribution < -0.4 is 9.64 Å². The molecule has 9 heteroatoms. The number of likely N-dealkylation sites (N-methyl/N-ethyl adjacent to an activating group) is 1. The maximum Gasteiger partial charge on any atom is 0.260 e. The molecule has 0 aliphatic rings. The molecule has 5 nitrogen and oxygen atoms in total. The average molecular weight is 487 g/mol. The van der Waals surface area contributed by atoms with Crippen molar-refractivity contribution < 1.29 is 9.53 Å². The van der Waals surface area contributed by atoms with Gasteiger partial charge in [0.15, 0.2) is 5.13 Å². The van der Waals surface area contributed by atoms with Crippen molar-refractivity contribution >= 4 is 67.4 Å². The van der Waals surface area contributed by atoms with Crippen LogP contribution in [-0.2, 0) is 0 Å². The van der Waals surface area contributed by atoms with Crippen LogP contribution in [0.1, 0.15) is 24.2 Å². The normalized spacial score (nSPS) is 11.3. The topological polar surface area (TPSA) is 45.7 Å². The molecular formula is C21H22Cl3N3O2S. The van der Waals surface area contributed by atoms with Crippen molar-refractivity contribution in [1.82, 2.24) is 9.88 Å². The third-order valence-electron chi connectivity index (χ3n) is 4.79. The maximum atomic E-state index is 13.4. The van der Waals surface area contributed by atoms with Crippen LogP contribution in [0, 0.1) is 0 Å². The zero-order valence-electron chi connectivity index (χ0n) is 16.9. The molecule has 160 valence electrons. The van der Waals surface area contributed by atoms with Gasteiger partial charge in [-0.3, -0.25) is 9.69 Å². The van der Waals surface area contributed by atoms with E-state index >= 15 is 0 Å². The van der Waals surface area contributed by atoms with E-state index in [0.717, 1.165) is 17.8 Å². The average Bonchev–Trinajstić information content (AvgIpc) is 3.16. The highest BCUT2D eigenvalue weighted by molar-refractivity contribution is 7.23. The van der Waals surface area contributed by atoms with Gasteiger partial charge >= 0.3 is 0 Å². The summed E-state index contributed by atoms with van der Waals surface area (Å²) in [6.07, 6.45) is 0. The van der Waals surface area contributed by atoms with Crippen molar-refractivity contribution in [3.8, 4) is 5.75 Å². The molecule has 1 heterocycles. The Hall–Kier alpha value is -1.57. The zero-order valence-corrected chi connectivity index (χ0v) is 20.0. The summed E-state index contributed by atoms with van der Waals surface area (Å²) in [7, 11) is 1.58. The van der Waals surface area contributed by atoms with E-state index in [2.05, 4.69) is 18.7 Å².